The Hall–Kier alpha value is -1.39. The summed E-state index contributed by atoms with van der Waals surface area (Å²) in [6.45, 7) is 4.40. The Morgan fingerprint density at radius 2 is 2.22 bits per heavy atom. The second-order valence-corrected chi connectivity index (χ2v) is 4.87. The number of nitrogens with zero attached hydrogens (tertiary/aromatic N) is 2. The highest BCUT2D eigenvalue weighted by atomic mass is 16.3. The van der Waals surface area contributed by atoms with Crippen molar-refractivity contribution >= 4 is 11.5 Å². The molecule has 2 rings (SSSR count). The Kier molecular flexibility index (Phi) is 3.99. The van der Waals surface area contributed by atoms with E-state index in [0.717, 1.165) is 30.9 Å². The third-order valence-corrected chi connectivity index (χ3v) is 3.61. The van der Waals surface area contributed by atoms with Crippen molar-refractivity contribution in [3.8, 4) is 0 Å². The second-order valence-electron chi connectivity index (χ2n) is 4.87. The molecular weight excluding hydrogens is 228 g/mol. The van der Waals surface area contributed by atoms with Gasteiger partial charge in [0.1, 0.15) is 0 Å². The van der Waals surface area contributed by atoms with Gasteiger partial charge in [-0.2, -0.15) is 0 Å². The van der Waals surface area contributed by atoms with E-state index in [1.165, 1.54) is 0 Å². The number of anilines is 1. The maximum Gasteiger partial charge on any atom is 0.159 e. The molecule has 1 aliphatic rings. The lowest BCUT2D eigenvalue weighted by atomic mass is 10.1. The molecule has 0 aliphatic carbocycles. The summed E-state index contributed by atoms with van der Waals surface area (Å²) in [5, 5.41) is 9.35. The van der Waals surface area contributed by atoms with Crippen LogP contribution in [0.1, 0.15) is 17.3 Å². The second kappa shape index (κ2) is 5.50. The van der Waals surface area contributed by atoms with Crippen LogP contribution in [-0.2, 0) is 0 Å². The molecule has 18 heavy (non-hydrogen) atoms. The van der Waals surface area contributed by atoms with Gasteiger partial charge in [-0.15, -0.1) is 0 Å². The number of carbonyl (C=O) groups excluding carboxylic acids is 1. The van der Waals surface area contributed by atoms with E-state index in [4.69, 9.17) is 0 Å². The number of piperazine rings is 1. The molecule has 0 spiro atoms. The molecule has 4 heteroatoms. The van der Waals surface area contributed by atoms with E-state index in [9.17, 15) is 9.90 Å². The third-order valence-electron chi connectivity index (χ3n) is 3.61. The summed E-state index contributed by atoms with van der Waals surface area (Å²) < 4.78 is 0. The Labute approximate surface area is 108 Å². The lowest BCUT2D eigenvalue weighted by Gasteiger charge is -2.39. The molecule has 1 N–H and O–H groups in total. The average molecular weight is 248 g/mol. The predicted octanol–water partition coefficient (Wildman–Crippen LogP) is 1.00. The zero-order chi connectivity index (χ0) is 13.1. The number of Topliss-reactive ketones (excluding diaryl/α,β-unsaturated/α-hetero) is 1. The Morgan fingerprint density at radius 3 is 2.89 bits per heavy atom. The highest BCUT2D eigenvalue weighted by molar-refractivity contribution is 5.94. The van der Waals surface area contributed by atoms with Crippen LogP contribution < -0.4 is 4.90 Å². The normalized spacial score (nSPS) is 21.1. The summed E-state index contributed by atoms with van der Waals surface area (Å²) in [5.41, 5.74) is 1.81. The van der Waals surface area contributed by atoms with Crippen LogP contribution in [-0.4, -0.2) is 55.1 Å². The number of rotatable bonds is 3. The largest absolute Gasteiger partial charge is 0.395 e. The van der Waals surface area contributed by atoms with Crippen molar-refractivity contribution in [2.45, 2.75) is 13.0 Å². The van der Waals surface area contributed by atoms with Gasteiger partial charge in [-0.25, -0.2) is 0 Å². The first-order valence-electron chi connectivity index (χ1n) is 6.29. The molecule has 4 nitrogen and oxygen atoms in total. The van der Waals surface area contributed by atoms with Crippen molar-refractivity contribution in [2.75, 3.05) is 38.2 Å². The maximum absolute atomic E-state index is 11.4. The van der Waals surface area contributed by atoms with Gasteiger partial charge in [0.15, 0.2) is 5.78 Å². The molecule has 0 aromatic heterocycles. The van der Waals surface area contributed by atoms with Crippen LogP contribution in [0.15, 0.2) is 24.3 Å². The molecule has 1 aromatic rings. The maximum atomic E-state index is 11.4. The lowest BCUT2D eigenvalue weighted by molar-refractivity contribution is 0.101. The van der Waals surface area contributed by atoms with Crippen LogP contribution in [0.2, 0.25) is 0 Å². The summed E-state index contributed by atoms with van der Waals surface area (Å²) in [7, 11) is 2.03. The Bertz CT molecular complexity index is 434. The van der Waals surface area contributed by atoms with E-state index in [2.05, 4.69) is 9.80 Å². The Balaban J connectivity index is 2.16. The van der Waals surface area contributed by atoms with Crippen molar-refractivity contribution in [1.29, 1.82) is 0 Å². The summed E-state index contributed by atoms with van der Waals surface area (Å²) >= 11 is 0. The van der Waals surface area contributed by atoms with Gasteiger partial charge >= 0.3 is 0 Å². The first kappa shape index (κ1) is 13.1. The fraction of sp³-hybridized carbons (Fsp3) is 0.500. The molecule has 98 valence electrons. The van der Waals surface area contributed by atoms with Gasteiger partial charge in [0.25, 0.3) is 0 Å². The number of aliphatic hydroxyl groups is 1. The van der Waals surface area contributed by atoms with E-state index in [-0.39, 0.29) is 18.4 Å². The quantitative estimate of drug-likeness (QED) is 0.811. The van der Waals surface area contributed by atoms with Crippen LogP contribution in [0.5, 0.6) is 0 Å². The van der Waals surface area contributed by atoms with Gasteiger partial charge < -0.3 is 10.0 Å². The molecule has 1 heterocycles. The minimum atomic E-state index is 0.0877. The summed E-state index contributed by atoms with van der Waals surface area (Å²) in [6.07, 6.45) is 0. The zero-order valence-electron chi connectivity index (χ0n) is 11.0. The van der Waals surface area contributed by atoms with Crippen LogP contribution in [0.25, 0.3) is 0 Å². The molecule has 1 atom stereocenters. The minimum Gasteiger partial charge on any atom is -0.395 e. The molecule has 1 fully saturated rings. The average Bonchev–Trinajstić information content (AvgIpc) is 2.39. The van der Waals surface area contributed by atoms with E-state index in [1.54, 1.807) is 6.92 Å². The smallest absolute Gasteiger partial charge is 0.159 e. The molecule has 0 radical (unpaired) electrons. The molecule has 1 aromatic carbocycles. The number of ketones is 1. The molecule has 1 saturated heterocycles. The number of hydrogen-bond acceptors (Lipinski definition) is 4. The SMILES string of the molecule is CC(=O)c1cccc(N2CCN(C)C(CO)C2)c1. The van der Waals surface area contributed by atoms with E-state index in [1.807, 2.05) is 31.3 Å². The standard InChI is InChI=1S/C14H20N2O2/c1-11(18)12-4-3-5-13(8-12)16-7-6-15(2)14(9-16)10-17/h3-5,8,14,17H,6-7,9-10H2,1-2H3. The van der Waals surface area contributed by atoms with Crippen molar-refractivity contribution in [3.05, 3.63) is 29.8 Å². The number of benzene rings is 1. The van der Waals surface area contributed by atoms with E-state index < -0.39 is 0 Å². The predicted molar refractivity (Wildman–Crippen MR) is 72.2 cm³/mol. The van der Waals surface area contributed by atoms with E-state index in [0.29, 0.717) is 0 Å². The fourth-order valence-electron chi connectivity index (χ4n) is 2.30. The summed E-state index contributed by atoms with van der Waals surface area (Å²) in [4.78, 5) is 15.8. The monoisotopic (exact) mass is 248 g/mol. The van der Waals surface area contributed by atoms with Gasteiger partial charge in [-0.05, 0) is 26.1 Å². The van der Waals surface area contributed by atoms with Gasteiger partial charge in [-0.3, -0.25) is 9.69 Å². The zero-order valence-corrected chi connectivity index (χ0v) is 11.0. The van der Waals surface area contributed by atoms with Crippen molar-refractivity contribution < 1.29 is 9.90 Å². The van der Waals surface area contributed by atoms with E-state index >= 15 is 0 Å². The topological polar surface area (TPSA) is 43.8 Å². The molecule has 0 amide bonds. The van der Waals surface area contributed by atoms with Crippen molar-refractivity contribution in [2.24, 2.45) is 0 Å². The van der Waals surface area contributed by atoms with Gasteiger partial charge in [0.05, 0.1) is 12.6 Å². The minimum absolute atomic E-state index is 0.0877. The summed E-state index contributed by atoms with van der Waals surface area (Å²) in [6, 6.07) is 7.87. The summed E-state index contributed by atoms with van der Waals surface area (Å²) in [5.74, 6) is 0.0877. The third kappa shape index (κ3) is 2.71. The molecular formula is C14H20N2O2. The van der Waals surface area contributed by atoms with Gasteiger partial charge in [0.2, 0.25) is 0 Å². The first-order chi connectivity index (χ1) is 8.61. The Morgan fingerprint density at radius 1 is 1.44 bits per heavy atom. The number of carbonyl (C=O) groups is 1. The van der Waals surface area contributed by atoms with Crippen molar-refractivity contribution in [1.82, 2.24) is 4.90 Å². The molecule has 0 saturated carbocycles. The highest BCUT2D eigenvalue weighted by Crippen LogP contribution is 2.20. The fourth-order valence-corrected chi connectivity index (χ4v) is 2.30. The highest BCUT2D eigenvalue weighted by Gasteiger charge is 2.23. The number of likely N-dealkylation sites (N-methyl/N-ethyl adjacent to an activating group) is 1. The van der Waals surface area contributed by atoms with Crippen molar-refractivity contribution in [3.63, 3.8) is 0 Å². The molecule has 0 bridgehead atoms. The van der Waals surface area contributed by atoms with Crippen LogP contribution in [0.3, 0.4) is 0 Å². The van der Waals surface area contributed by atoms with Gasteiger partial charge in [-0.1, -0.05) is 12.1 Å². The van der Waals surface area contributed by atoms with Crippen LogP contribution in [0, 0.1) is 0 Å². The van der Waals surface area contributed by atoms with Crippen LogP contribution >= 0.6 is 0 Å². The number of aliphatic hydroxyl groups excluding tert-OH is 1. The number of hydrogen-bond donors (Lipinski definition) is 1. The lowest BCUT2D eigenvalue weighted by Crippen LogP contribution is -2.53. The van der Waals surface area contributed by atoms with Crippen LogP contribution in [0.4, 0.5) is 5.69 Å². The first-order valence-corrected chi connectivity index (χ1v) is 6.29. The molecule has 1 aliphatic heterocycles. The van der Waals surface area contributed by atoms with Gasteiger partial charge in [0, 0.05) is 30.9 Å². The molecule has 1 unspecified atom stereocenters.